The molecule has 0 aliphatic carbocycles. The SMILES string of the molecule is C[C@@H]1CN([C@H](C)CO)C(=O)c2cc(NS(=O)(=O)c3ccccc3)ccc2O[C@@H](C)CCCCO[C@@H]1CN(C)S(=O)(=O)c1ccc(F)cc1. The first-order valence-electron chi connectivity index (χ1n) is 15.9. The molecule has 1 aliphatic heterocycles. The Bertz CT molecular complexity index is 1740. The molecule has 0 unspecified atom stereocenters. The van der Waals surface area contributed by atoms with E-state index in [2.05, 4.69) is 4.72 Å². The van der Waals surface area contributed by atoms with Gasteiger partial charge >= 0.3 is 0 Å². The Kier molecular flexibility index (Phi) is 12.6. The van der Waals surface area contributed by atoms with E-state index in [4.69, 9.17) is 9.47 Å². The fraction of sp³-hybridized carbons (Fsp3) is 0.441. The predicted molar refractivity (Wildman–Crippen MR) is 180 cm³/mol. The van der Waals surface area contributed by atoms with Gasteiger partial charge in [0.1, 0.15) is 11.6 Å². The molecule has 48 heavy (non-hydrogen) atoms. The van der Waals surface area contributed by atoms with Crippen molar-refractivity contribution in [3.8, 4) is 5.75 Å². The molecule has 0 spiro atoms. The highest BCUT2D eigenvalue weighted by atomic mass is 32.2. The fourth-order valence-corrected chi connectivity index (χ4v) is 7.65. The molecule has 1 amide bonds. The zero-order valence-corrected chi connectivity index (χ0v) is 29.2. The van der Waals surface area contributed by atoms with Crippen LogP contribution in [0, 0.1) is 11.7 Å². The zero-order chi connectivity index (χ0) is 35.1. The van der Waals surface area contributed by atoms with E-state index in [0.717, 1.165) is 22.9 Å². The summed E-state index contributed by atoms with van der Waals surface area (Å²) in [6.07, 6.45) is 1.10. The lowest BCUT2D eigenvalue weighted by Gasteiger charge is -2.35. The van der Waals surface area contributed by atoms with Crippen molar-refractivity contribution in [3.63, 3.8) is 0 Å². The van der Waals surface area contributed by atoms with Crippen LogP contribution in [0.25, 0.3) is 0 Å². The number of amides is 1. The number of aliphatic hydroxyl groups is 1. The van der Waals surface area contributed by atoms with Crippen LogP contribution in [-0.2, 0) is 24.8 Å². The highest BCUT2D eigenvalue weighted by Crippen LogP contribution is 2.30. The van der Waals surface area contributed by atoms with Gasteiger partial charge in [-0.2, -0.15) is 4.31 Å². The number of aliphatic hydroxyl groups excluding tert-OH is 1. The molecule has 11 nitrogen and oxygen atoms in total. The summed E-state index contributed by atoms with van der Waals surface area (Å²) in [4.78, 5) is 15.8. The largest absolute Gasteiger partial charge is 0.490 e. The van der Waals surface area contributed by atoms with Crippen LogP contribution in [0.1, 0.15) is 50.4 Å². The lowest BCUT2D eigenvalue weighted by atomic mass is 10.0. The van der Waals surface area contributed by atoms with Crippen molar-refractivity contribution in [3.05, 3.63) is 84.2 Å². The van der Waals surface area contributed by atoms with Crippen molar-refractivity contribution in [1.29, 1.82) is 0 Å². The average Bonchev–Trinajstić information content (AvgIpc) is 3.06. The van der Waals surface area contributed by atoms with Gasteiger partial charge in [0.05, 0.1) is 40.2 Å². The van der Waals surface area contributed by atoms with Crippen molar-refractivity contribution in [2.75, 3.05) is 38.1 Å². The number of likely N-dealkylation sites (N-methyl/N-ethyl adjacent to an activating group) is 1. The first kappa shape index (κ1) is 37.3. The molecule has 2 N–H and O–H groups in total. The Morgan fingerprint density at radius 2 is 1.69 bits per heavy atom. The Morgan fingerprint density at radius 1 is 1.00 bits per heavy atom. The Balaban J connectivity index is 1.67. The summed E-state index contributed by atoms with van der Waals surface area (Å²) in [6.45, 7) is 5.40. The van der Waals surface area contributed by atoms with E-state index < -0.39 is 49.8 Å². The molecule has 0 bridgehead atoms. The number of fused-ring (bicyclic) bond motifs is 1. The second kappa shape index (κ2) is 16.2. The molecular formula is C34H44FN3O8S2. The molecule has 3 aromatic carbocycles. The summed E-state index contributed by atoms with van der Waals surface area (Å²) in [5, 5.41) is 10.2. The molecule has 4 rings (SSSR count). The van der Waals surface area contributed by atoms with Crippen molar-refractivity contribution in [2.45, 2.75) is 68.1 Å². The maximum Gasteiger partial charge on any atom is 0.261 e. The monoisotopic (exact) mass is 705 g/mol. The van der Waals surface area contributed by atoms with E-state index in [1.54, 1.807) is 31.2 Å². The van der Waals surface area contributed by atoms with Gasteiger partial charge in [-0.15, -0.1) is 0 Å². The maximum absolute atomic E-state index is 14.3. The van der Waals surface area contributed by atoms with Crippen LogP contribution in [-0.4, -0.2) is 88.7 Å². The lowest BCUT2D eigenvalue weighted by molar-refractivity contribution is -0.00834. The molecule has 0 saturated heterocycles. The number of carbonyl (C=O) groups is 1. The number of nitrogens with zero attached hydrogens (tertiary/aromatic N) is 2. The smallest absolute Gasteiger partial charge is 0.261 e. The number of nitrogens with one attached hydrogen (secondary N) is 1. The zero-order valence-electron chi connectivity index (χ0n) is 27.6. The normalized spacial score (nSPS) is 20.8. The first-order chi connectivity index (χ1) is 22.7. The predicted octanol–water partition coefficient (Wildman–Crippen LogP) is 4.74. The Hall–Kier alpha value is -3.56. The third-order valence-electron chi connectivity index (χ3n) is 8.32. The van der Waals surface area contributed by atoms with Gasteiger partial charge in [-0.1, -0.05) is 25.1 Å². The second-order valence-corrected chi connectivity index (χ2v) is 15.9. The summed E-state index contributed by atoms with van der Waals surface area (Å²) in [6, 6.07) is 16.3. The molecule has 1 aliphatic rings. The number of hydrogen-bond acceptors (Lipinski definition) is 8. The Labute approximate surface area is 282 Å². The van der Waals surface area contributed by atoms with E-state index >= 15 is 0 Å². The van der Waals surface area contributed by atoms with Gasteiger partial charge in [-0.3, -0.25) is 9.52 Å². The van der Waals surface area contributed by atoms with Gasteiger partial charge in [0.15, 0.2) is 0 Å². The van der Waals surface area contributed by atoms with Gasteiger partial charge in [-0.05, 0) is 87.7 Å². The van der Waals surface area contributed by atoms with E-state index in [1.165, 1.54) is 48.3 Å². The van der Waals surface area contributed by atoms with Crippen molar-refractivity contribution >= 4 is 31.6 Å². The Morgan fingerprint density at radius 3 is 2.35 bits per heavy atom. The summed E-state index contributed by atoms with van der Waals surface area (Å²) < 4.78 is 82.5. The van der Waals surface area contributed by atoms with Gasteiger partial charge in [0, 0.05) is 38.3 Å². The minimum Gasteiger partial charge on any atom is -0.490 e. The number of carbonyl (C=O) groups excluding carboxylic acids is 1. The van der Waals surface area contributed by atoms with E-state index in [0.29, 0.717) is 19.4 Å². The number of ether oxygens (including phenoxy) is 2. The van der Waals surface area contributed by atoms with Gasteiger partial charge in [-0.25, -0.2) is 21.2 Å². The van der Waals surface area contributed by atoms with Crippen molar-refractivity contribution in [2.24, 2.45) is 5.92 Å². The first-order valence-corrected chi connectivity index (χ1v) is 18.8. The minimum absolute atomic E-state index is 0.0437. The van der Waals surface area contributed by atoms with Crippen molar-refractivity contribution < 1.29 is 40.6 Å². The molecule has 262 valence electrons. The molecule has 0 saturated carbocycles. The third kappa shape index (κ3) is 9.32. The fourth-order valence-electron chi connectivity index (χ4n) is 5.40. The molecule has 3 aromatic rings. The maximum atomic E-state index is 14.3. The van der Waals surface area contributed by atoms with E-state index in [-0.39, 0.29) is 52.6 Å². The summed E-state index contributed by atoms with van der Waals surface area (Å²) in [5.74, 6) is -1.20. The van der Waals surface area contributed by atoms with Crippen molar-refractivity contribution in [1.82, 2.24) is 9.21 Å². The molecule has 14 heteroatoms. The quantitative estimate of drug-likeness (QED) is 0.325. The highest BCUT2D eigenvalue weighted by Gasteiger charge is 2.32. The summed E-state index contributed by atoms with van der Waals surface area (Å²) in [7, 11) is -6.51. The summed E-state index contributed by atoms with van der Waals surface area (Å²) >= 11 is 0. The molecule has 0 radical (unpaired) electrons. The number of anilines is 1. The number of hydrogen-bond donors (Lipinski definition) is 2. The molecule has 0 fully saturated rings. The van der Waals surface area contributed by atoms with Crippen LogP contribution in [0.3, 0.4) is 0 Å². The minimum atomic E-state index is -3.98. The second-order valence-electron chi connectivity index (χ2n) is 12.2. The number of rotatable bonds is 9. The van der Waals surface area contributed by atoms with Crippen LogP contribution in [0.15, 0.2) is 82.6 Å². The van der Waals surface area contributed by atoms with Crippen LogP contribution in [0.2, 0.25) is 0 Å². The summed E-state index contributed by atoms with van der Waals surface area (Å²) in [5.41, 5.74) is 0.259. The third-order valence-corrected chi connectivity index (χ3v) is 11.6. The number of sulfonamides is 2. The standard InChI is InChI=1S/C34H44FN3O8S2/c1-24-21-38(25(2)23-39)34(40)31-20-28(36-47(41,42)29-11-6-5-7-12-29)15-18-32(31)46-26(3)10-8-9-19-45-33(24)22-37(4)48(43,44)30-16-13-27(35)14-17-30/h5-7,11-18,20,24-26,33,36,39H,8-10,19,21-23H2,1-4H3/t24-,25-,26+,33-/m1/s1. The van der Waals surface area contributed by atoms with Gasteiger partial charge in [0.25, 0.3) is 15.9 Å². The number of halogens is 1. The molecule has 0 aromatic heterocycles. The lowest BCUT2D eigenvalue weighted by Crippen LogP contribution is -2.48. The number of benzene rings is 3. The average molecular weight is 706 g/mol. The van der Waals surface area contributed by atoms with Crippen LogP contribution < -0.4 is 9.46 Å². The van der Waals surface area contributed by atoms with Crippen LogP contribution in [0.4, 0.5) is 10.1 Å². The van der Waals surface area contributed by atoms with Crippen LogP contribution in [0.5, 0.6) is 5.75 Å². The van der Waals surface area contributed by atoms with Gasteiger partial charge in [0.2, 0.25) is 10.0 Å². The highest BCUT2D eigenvalue weighted by molar-refractivity contribution is 7.92. The molecular weight excluding hydrogens is 662 g/mol. The van der Waals surface area contributed by atoms with Gasteiger partial charge < -0.3 is 19.5 Å². The topological polar surface area (TPSA) is 143 Å². The van der Waals surface area contributed by atoms with E-state index in [1.807, 2.05) is 13.8 Å². The van der Waals surface area contributed by atoms with E-state index in [9.17, 15) is 31.1 Å². The molecule has 4 atom stereocenters. The molecule has 1 heterocycles. The van der Waals surface area contributed by atoms with Crippen LogP contribution >= 0.6 is 0 Å².